The number of piperidine rings is 1. The molecule has 1 aromatic heterocycles. The molecule has 1 unspecified atom stereocenters. The minimum Gasteiger partial charge on any atom is -0.368 e. The molecule has 6 rings (SSSR count). The molecule has 1 atom stereocenters. The minimum atomic E-state index is -0.587. The van der Waals surface area contributed by atoms with Crippen LogP contribution in [0, 0.1) is 0 Å². The van der Waals surface area contributed by atoms with Crippen LogP contribution in [-0.4, -0.2) is 56.8 Å². The Morgan fingerprint density at radius 2 is 1.48 bits per heavy atom. The Bertz CT molecular complexity index is 1490. The molecule has 42 heavy (non-hydrogen) atoms. The van der Waals surface area contributed by atoms with Gasteiger partial charge in [-0.15, -0.1) is 0 Å². The van der Waals surface area contributed by atoms with Crippen molar-refractivity contribution in [3.05, 3.63) is 124 Å². The molecule has 0 aliphatic carbocycles. The monoisotopic (exact) mass is 581 g/mol. The lowest BCUT2D eigenvalue weighted by Gasteiger charge is -2.43. The van der Waals surface area contributed by atoms with E-state index in [1.54, 1.807) is 11.2 Å². The number of rotatable bonds is 8. The van der Waals surface area contributed by atoms with Crippen molar-refractivity contribution in [2.75, 3.05) is 19.6 Å². The van der Waals surface area contributed by atoms with Gasteiger partial charge in [0.2, 0.25) is 5.91 Å². The molecule has 2 N–H and O–H groups in total. The second kappa shape index (κ2) is 12.1. The number of hydrogen-bond donors (Lipinski definition) is 1. The summed E-state index contributed by atoms with van der Waals surface area (Å²) in [6.07, 6.45) is 5.02. The van der Waals surface area contributed by atoms with Gasteiger partial charge in [-0.3, -0.25) is 14.5 Å². The number of benzene rings is 3. The number of nitrogens with two attached hydrogens (primary N) is 1. The highest BCUT2D eigenvalue weighted by Gasteiger charge is 2.39. The third-order valence-corrected chi connectivity index (χ3v) is 9.21. The van der Waals surface area contributed by atoms with Crippen LogP contribution in [0.3, 0.4) is 0 Å². The summed E-state index contributed by atoms with van der Waals surface area (Å²) >= 11 is 6.11. The number of amides is 2. The predicted octanol–water partition coefficient (Wildman–Crippen LogP) is 5.26. The Hall–Kier alpha value is -3.94. The van der Waals surface area contributed by atoms with Gasteiger partial charge in [-0.2, -0.15) is 0 Å². The van der Waals surface area contributed by atoms with Crippen LogP contribution in [0.2, 0.25) is 5.02 Å². The molecular weight excluding hydrogens is 546 g/mol. The van der Waals surface area contributed by atoms with Gasteiger partial charge in [0.15, 0.2) is 0 Å². The molecule has 2 aliphatic rings. The zero-order valence-electron chi connectivity index (χ0n) is 23.7. The number of aromatic nitrogens is 2. The first-order valence-electron chi connectivity index (χ1n) is 14.7. The van der Waals surface area contributed by atoms with Crippen molar-refractivity contribution in [1.29, 1.82) is 0 Å². The molecule has 2 saturated heterocycles. The molecule has 0 radical (unpaired) electrons. The lowest BCUT2D eigenvalue weighted by Crippen LogP contribution is -2.45. The van der Waals surface area contributed by atoms with Crippen LogP contribution < -0.4 is 5.73 Å². The Labute approximate surface area is 251 Å². The average molecular weight is 582 g/mol. The van der Waals surface area contributed by atoms with Crippen LogP contribution in [0.4, 0.5) is 0 Å². The second-order valence-electron chi connectivity index (χ2n) is 11.4. The maximum atomic E-state index is 14.0. The largest absolute Gasteiger partial charge is 0.368 e. The van der Waals surface area contributed by atoms with Crippen molar-refractivity contribution < 1.29 is 9.59 Å². The first kappa shape index (κ1) is 28.2. The van der Waals surface area contributed by atoms with Crippen molar-refractivity contribution >= 4 is 23.4 Å². The van der Waals surface area contributed by atoms with Crippen molar-refractivity contribution in [3.8, 4) is 0 Å². The molecule has 2 fully saturated rings. The molecule has 2 amide bonds. The lowest BCUT2D eigenvalue weighted by atomic mass is 9.68. The van der Waals surface area contributed by atoms with Gasteiger partial charge in [-0.25, -0.2) is 4.98 Å². The maximum Gasteiger partial charge on any atom is 0.273 e. The van der Waals surface area contributed by atoms with E-state index in [-0.39, 0.29) is 11.3 Å². The zero-order chi connectivity index (χ0) is 29.1. The van der Waals surface area contributed by atoms with Crippen molar-refractivity contribution in [2.24, 2.45) is 5.73 Å². The minimum absolute atomic E-state index is 0.0597. The summed E-state index contributed by atoms with van der Waals surface area (Å²) in [5.41, 5.74) is 10.6. The van der Waals surface area contributed by atoms with E-state index in [0.29, 0.717) is 36.8 Å². The summed E-state index contributed by atoms with van der Waals surface area (Å²) in [5.74, 6) is -0.641. The first-order valence-corrected chi connectivity index (χ1v) is 15.0. The fourth-order valence-electron chi connectivity index (χ4n) is 6.70. The predicted molar refractivity (Wildman–Crippen MR) is 164 cm³/mol. The van der Waals surface area contributed by atoms with Crippen LogP contribution in [-0.2, 0) is 23.3 Å². The zero-order valence-corrected chi connectivity index (χ0v) is 24.4. The molecule has 0 saturated carbocycles. The van der Waals surface area contributed by atoms with E-state index in [2.05, 4.69) is 65.6 Å². The summed E-state index contributed by atoms with van der Waals surface area (Å²) in [5, 5.41) is 0.662. The summed E-state index contributed by atoms with van der Waals surface area (Å²) in [7, 11) is 0. The molecule has 7 nitrogen and oxygen atoms in total. The van der Waals surface area contributed by atoms with Gasteiger partial charge < -0.3 is 15.2 Å². The molecule has 4 aromatic rings. The van der Waals surface area contributed by atoms with E-state index in [4.69, 9.17) is 22.3 Å². The van der Waals surface area contributed by atoms with Crippen LogP contribution in [0.5, 0.6) is 0 Å². The Kier molecular flexibility index (Phi) is 8.13. The number of carbonyl (C=O) groups excluding carboxylic acids is 2. The number of halogens is 1. The van der Waals surface area contributed by atoms with Crippen molar-refractivity contribution in [2.45, 2.75) is 50.2 Å². The molecular formula is C34H36ClN5O2. The van der Waals surface area contributed by atoms with Crippen molar-refractivity contribution in [3.63, 3.8) is 0 Å². The van der Waals surface area contributed by atoms with E-state index in [0.717, 1.165) is 43.6 Å². The lowest BCUT2D eigenvalue weighted by molar-refractivity contribution is -0.121. The summed E-state index contributed by atoms with van der Waals surface area (Å²) < 4.78 is 1.90. The number of carbonyl (C=O) groups is 2. The number of likely N-dealkylation sites (tertiary alicyclic amines) is 2. The fraction of sp³-hybridized carbons (Fsp3) is 0.324. The standard InChI is InChI=1S/C34H36ClN5O2/c35-28-15-13-25(14-16-28)22-39-24-37-29(31(39)33(42)40-19-7-12-30(40)32(36)41)23-38-20-17-34(18-21-38,26-8-3-1-4-9-26)27-10-5-2-6-11-27/h1-6,8-11,13-16,24,30H,7,12,17-23H2,(H2,36,41). The number of imidazole rings is 1. The third-order valence-electron chi connectivity index (χ3n) is 8.96. The van der Waals surface area contributed by atoms with E-state index < -0.39 is 11.9 Å². The van der Waals surface area contributed by atoms with Gasteiger partial charge in [0.25, 0.3) is 5.91 Å². The van der Waals surface area contributed by atoms with Gasteiger partial charge in [0.1, 0.15) is 11.7 Å². The Balaban J connectivity index is 1.27. The van der Waals surface area contributed by atoms with Gasteiger partial charge in [-0.05, 0) is 67.6 Å². The van der Waals surface area contributed by atoms with E-state index in [1.807, 2.05) is 28.8 Å². The Morgan fingerprint density at radius 1 is 0.857 bits per heavy atom. The molecule has 0 spiro atoms. The van der Waals surface area contributed by atoms with Crippen molar-refractivity contribution in [1.82, 2.24) is 19.4 Å². The van der Waals surface area contributed by atoms with Crippen LogP contribution >= 0.6 is 11.6 Å². The summed E-state index contributed by atoms with van der Waals surface area (Å²) in [6.45, 7) is 3.29. The molecule has 2 aliphatic heterocycles. The fourth-order valence-corrected chi connectivity index (χ4v) is 6.82. The average Bonchev–Trinajstić information content (AvgIpc) is 3.67. The third kappa shape index (κ3) is 5.59. The maximum absolute atomic E-state index is 14.0. The molecule has 8 heteroatoms. The van der Waals surface area contributed by atoms with E-state index in [9.17, 15) is 9.59 Å². The van der Waals surface area contributed by atoms with E-state index in [1.165, 1.54) is 11.1 Å². The second-order valence-corrected chi connectivity index (χ2v) is 11.9. The van der Waals surface area contributed by atoms with Gasteiger partial charge in [-0.1, -0.05) is 84.4 Å². The Morgan fingerprint density at radius 3 is 2.07 bits per heavy atom. The highest BCUT2D eigenvalue weighted by Crippen LogP contribution is 2.42. The van der Waals surface area contributed by atoms with Crippen LogP contribution in [0.25, 0.3) is 0 Å². The van der Waals surface area contributed by atoms with Crippen LogP contribution in [0.1, 0.15) is 58.6 Å². The molecule has 216 valence electrons. The molecule has 3 aromatic carbocycles. The van der Waals surface area contributed by atoms with Gasteiger partial charge in [0.05, 0.1) is 12.0 Å². The number of primary amides is 1. The topological polar surface area (TPSA) is 84.5 Å². The smallest absolute Gasteiger partial charge is 0.273 e. The van der Waals surface area contributed by atoms with E-state index >= 15 is 0 Å². The number of nitrogens with zero attached hydrogens (tertiary/aromatic N) is 4. The molecule has 0 bridgehead atoms. The number of hydrogen-bond acceptors (Lipinski definition) is 4. The highest BCUT2D eigenvalue weighted by molar-refractivity contribution is 6.30. The first-order chi connectivity index (χ1) is 20.4. The highest BCUT2D eigenvalue weighted by atomic mass is 35.5. The van der Waals surface area contributed by atoms with Crippen LogP contribution in [0.15, 0.2) is 91.3 Å². The SMILES string of the molecule is NC(=O)C1CCCN1C(=O)c1c(CN2CCC(c3ccccc3)(c3ccccc3)CC2)ncn1Cc1ccc(Cl)cc1. The molecule has 3 heterocycles. The summed E-state index contributed by atoms with van der Waals surface area (Å²) in [6, 6.07) is 28.6. The van der Waals surface area contributed by atoms with Gasteiger partial charge in [0, 0.05) is 30.1 Å². The quantitative estimate of drug-likeness (QED) is 0.308. The van der Waals surface area contributed by atoms with Gasteiger partial charge >= 0.3 is 0 Å². The summed E-state index contributed by atoms with van der Waals surface area (Å²) in [4.78, 5) is 35.0. The normalized spacial score (nSPS) is 18.7.